The highest BCUT2D eigenvalue weighted by atomic mass is 16.6. The quantitative estimate of drug-likeness (QED) is 0.819. The molecule has 0 spiro atoms. The number of carbonyl (C=O) groups is 1. The maximum Gasteiger partial charge on any atom is 0.410 e. The highest BCUT2D eigenvalue weighted by Crippen LogP contribution is 2.22. The van der Waals surface area contributed by atoms with Crippen LogP contribution >= 0.6 is 0 Å². The SMILES string of the molecule is CC(O)CCN(C)CCC1CCCN(C(=O)OC(C)(C)C)C1. The van der Waals surface area contributed by atoms with Gasteiger partial charge in [0.25, 0.3) is 0 Å². The fourth-order valence-electron chi connectivity index (χ4n) is 2.71. The lowest BCUT2D eigenvalue weighted by Gasteiger charge is -2.34. The summed E-state index contributed by atoms with van der Waals surface area (Å²) in [6.45, 7) is 11.1. The van der Waals surface area contributed by atoms with Crippen LogP contribution in [0, 0.1) is 5.92 Å². The number of hydrogen-bond acceptors (Lipinski definition) is 4. The Kier molecular flexibility index (Phi) is 7.63. The maximum absolute atomic E-state index is 12.1. The van der Waals surface area contributed by atoms with Gasteiger partial charge >= 0.3 is 6.09 Å². The number of ether oxygens (including phenoxy) is 1. The molecular formula is C17H34N2O3. The number of piperidine rings is 1. The minimum absolute atomic E-state index is 0.181. The van der Waals surface area contributed by atoms with E-state index in [9.17, 15) is 9.90 Å². The Bertz CT molecular complexity index is 339. The second-order valence-electron chi connectivity index (χ2n) is 7.66. The zero-order valence-corrected chi connectivity index (χ0v) is 15.0. The molecule has 0 aromatic carbocycles. The van der Waals surface area contributed by atoms with Crippen LogP contribution in [0.25, 0.3) is 0 Å². The highest BCUT2D eigenvalue weighted by Gasteiger charge is 2.27. The van der Waals surface area contributed by atoms with E-state index in [4.69, 9.17) is 4.74 Å². The van der Waals surface area contributed by atoms with E-state index in [0.29, 0.717) is 5.92 Å². The van der Waals surface area contributed by atoms with Crippen molar-refractivity contribution in [3.05, 3.63) is 0 Å². The monoisotopic (exact) mass is 314 g/mol. The smallest absolute Gasteiger partial charge is 0.410 e. The molecule has 1 saturated heterocycles. The summed E-state index contributed by atoms with van der Waals surface area (Å²) in [5.41, 5.74) is -0.425. The number of nitrogens with zero attached hydrogens (tertiary/aromatic N) is 2. The van der Waals surface area contributed by atoms with Crippen LogP contribution in [0.1, 0.15) is 53.4 Å². The van der Waals surface area contributed by atoms with Crippen molar-refractivity contribution in [1.82, 2.24) is 9.80 Å². The number of aliphatic hydroxyl groups is 1. The normalized spacial score (nSPS) is 21.0. The van der Waals surface area contributed by atoms with E-state index < -0.39 is 5.60 Å². The Morgan fingerprint density at radius 2 is 2.09 bits per heavy atom. The summed E-state index contributed by atoms with van der Waals surface area (Å²) in [5.74, 6) is 0.551. The molecule has 1 aliphatic heterocycles. The number of carbonyl (C=O) groups excluding carboxylic acids is 1. The maximum atomic E-state index is 12.1. The summed E-state index contributed by atoms with van der Waals surface area (Å²) in [4.78, 5) is 16.3. The summed E-state index contributed by atoms with van der Waals surface area (Å²) in [5, 5.41) is 9.32. The van der Waals surface area contributed by atoms with Crippen LogP contribution in [0.15, 0.2) is 0 Å². The van der Waals surface area contributed by atoms with Crippen molar-refractivity contribution in [3.8, 4) is 0 Å². The molecular weight excluding hydrogens is 280 g/mol. The lowest BCUT2D eigenvalue weighted by atomic mass is 9.95. The molecule has 1 amide bonds. The molecule has 2 unspecified atom stereocenters. The lowest BCUT2D eigenvalue weighted by molar-refractivity contribution is 0.0157. The van der Waals surface area contributed by atoms with Crippen LogP contribution < -0.4 is 0 Å². The average Bonchev–Trinajstić information content (AvgIpc) is 2.41. The van der Waals surface area contributed by atoms with Crippen molar-refractivity contribution < 1.29 is 14.6 Å². The first kappa shape index (κ1) is 19.2. The summed E-state index contributed by atoms with van der Waals surface area (Å²) in [7, 11) is 2.09. The molecule has 22 heavy (non-hydrogen) atoms. The Labute approximate surface area is 135 Å². The van der Waals surface area contributed by atoms with E-state index >= 15 is 0 Å². The fourth-order valence-corrected chi connectivity index (χ4v) is 2.71. The number of amides is 1. The van der Waals surface area contributed by atoms with Gasteiger partial charge in [0.2, 0.25) is 0 Å². The van der Waals surface area contributed by atoms with Crippen molar-refractivity contribution in [3.63, 3.8) is 0 Å². The van der Waals surface area contributed by atoms with E-state index in [-0.39, 0.29) is 12.2 Å². The first-order chi connectivity index (χ1) is 10.2. The van der Waals surface area contributed by atoms with Gasteiger partial charge in [0.1, 0.15) is 5.60 Å². The number of likely N-dealkylation sites (tertiary alicyclic amines) is 1. The average molecular weight is 314 g/mol. The number of rotatable bonds is 6. The topological polar surface area (TPSA) is 53.0 Å². The molecule has 0 aromatic heterocycles. The Balaban J connectivity index is 2.32. The largest absolute Gasteiger partial charge is 0.444 e. The minimum Gasteiger partial charge on any atom is -0.444 e. The van der Waals surface area contributed by atoms with Crippen molar-refractivity contribution in [1.29, 1.82) is 0 Å². The number of aliphatic hydroxyl groups excluding tert-OH is 1. The third-order valence-electron chi connectivity index (χ3n) is 4.02. The third-order valence-corrected chi connectivity index (χ3v) is 4.02. The van der Waals surface area contributed by atoms with Crippen LogP contribution in [0.3, 0.4) is 0 Å². The Morgan fingerprint density at radius 1 is 1.41 bits per heavy atom. The second-order valence-corrected chi connectivity index (χ2v) is 7.66. The van der Waals surface area contributed by atoms with Gasteiger partial charge in [0.05, 0.1) is 6.10 Å². The lowest BCUT2D eigenvalue weighted by Crippen LogP contribution is -2.43. The molecule has 1 fully saturated rings. The molecule has 0 saturated carbocycles. The highest BCUT2D eigenvalue weighted by molar-refractivity contribution is 5.68. The van der Waals surface area contributed by atoms with E-state index in [1.165, 1.54) is 6.42 Å². The van der Waals surface area contributed by atoms with Gasteiger partial charge in [0, 0.05) is 19.6 Å². The first-order valence-electron chi connectivity index (χ1n) is 8.52. The van der Waals surface area contributed by atoms with Crippen molar-refractivity contribution in [2.45, 2.75) is 65.1 Å². The molecule has 130 valence electrons. The van der Waals surface area contributed by atoms with Crippen LogP contribution in [0.5, 0.6) is 0 Å². The van der Waals surface area contributed by atoms with Gasteiger partial charge in [-0.15, -0.1) is 0 Å². The van der Waals surface area contributed by atoms with Crippen LogP contribution in [-0.2, 0) is 4.74 Å². The molecule has 5 nitrogen and oxygen atoms in total. The second kappa shape index (κ2) is 8.73. The molecule has 1 rings (SSSR count). The van der Waals surface area contributed by atoms with Gasteiger partial charge in [-0.2, -0.15) is 0 Å². The van der Waals surface area contributed by atoms with E-state index in [0.717, 1.165) is 45.4 Å². The molecule has 0 bridgehead atoms. The minimum atomic E-state index is -0.425. The zero-order chi connectivity index (χ0) is 16.8. The fraction of sp³-hybridized carbons (Fsp3) is 0.941. The molecule has 0 aromatic rings. The van der Waals surface area contributed by atoms with Gasteiger partial charge in [-0.1, -0.05) is 0 Å². The van der Waals surface area contributed by atoms with Gasteiger partial charge < -0.3 is 19.6 Å². The van der Waals surface area contributed by atoms with Crippen LogP contribution in [-0.4, -0.2) is 65.9 Å². The summed E-state index contributed by atoms with van der Waals surface area (Å²) >= 11 is 0. The molecule has 5 heteroatoms. The predicted octanol–water partition coefficient (Wildman–Crippen LogP) is 2.73. The molecule has 1 heterocycles. The zero-order valence-electron chi connectivity index (χ0n) is 15.0. The van der Waals surface area contributed by atoms with E-state index in [1.807, 2.05) is 32.6 Å². The van der Waals surface area contributed by atoms with Gasteiger partial charge in [-0.25, -0.2) is 4.79 Å². The number of hydrogen-bond donors (Lipinski definition) is 1. The summed E-state index contributed by atoms with van der Waals surface area (Å²) in [6.07, 6.45) is 3.73. The summed E-state index contributed by atoms with van der Waals surface area (Å²) in [6, 6.07) is 0. The van der Waals surface area contributed by atoms with Crippen molar-refractivity contribution in [2.24, 2.45) is 5.92 Å². The van der Waals surface area contributed by atoms with Crippen molar-refractivity contribution in [2.75, 3.05) is 33.2 Å². The van der Waals surface area contributed by atoms with E-state index in [1.54, 1.807) is 0 Å². The Morgan fingerprint density at radius 3 is 2.68 bits per heavy atom. The third kappa shape index (κ3) is 7.99. The van der Waals surface area contributed by atoms with E-state index in [2.05, 4.69) is 11.9 Å². The molecule has 2 atom stereocenters. The first-order valence-corrected chi connectivity index (χ1v) is 8.52. The van der Waals surface area contributed by atoms with Crippen molar-refractivity contribution >= 4 is 6.09 Å². The standard InChI is InChI=1S/C17H34N2O3/c1-14(20)8-11-18(5)12-9-15-7-6-10-19(13-15)16(21)22-17(2,3)4/h14-15,20H,6-13H2,1-5H3. The Hall–Kier alpha value is -0.810. The van der Waals surface area contributed by atoms with Gasteiger partial charge in [-0.3, -0.25) is 0 Å². The van der Waals surface area contributed by atoms with Gasteiger partial charge in [0.15, 0.2) is 0 Å². The molecule has 0 aliphatic carbocycles. The van der Waals surface area contributed by atoms with Crippen LogP contribution in [0.4, 0.5) is 4.79 Å². The van der Waals surface area contributed by atoms with Crippen LogP contribution in [0.2, 0.25) is 0 Å². The molecule has 1 aliphatic rings. The molecule has 0 radical (unpaired) electrons. The summed E-state index contributed by atoms with van der Waals surface area (Å²) < 4.78 is 5.46. The molecule has 1 N–H and O–H groups in total. The predicted molar refractivity (Wildman–Crippen MR) is 88.9 cm³/mol. The van der Waals surface area contributed by atoms with Gasteiger partial charge in [-0.05, 0) is 72.9 Å².